The third kappa shape index (κ3) is 6.35. The molecule has 1 aliphatic carbocycles. The first-order chi connectivity index (χ1) is 8.03. The van der Waals surface area contributed by atoms with Gasteiger partial charge in [-0.05, 0) is 32.1 Å². The van der Waals surface area contributed by atoms with Crippen LogP contribution >= 0.6 is 0 Å². The zero-order chi connectivity index (χ0) is 12.7. The molecule has 0 aliphatic heterocycles. The summed E-state index contributed by atoms with van der Waals surface area (Å²) >= 11 is 0. The largest absolute Gasteiger partial charge is 0.377 e. The predicted molar refractivity (Wildman–Crippen MR) is 68.3 cm³/mol. The van der Waals surface area contributed by atoms with Crippen LogP contribution in [-0.2, 0) is 14.8 Å². The quantitative estimate of drug-likeness (QED) is 0.660. The molecule has 3 N–H and O–H groups in total. The van der Waals surface area contributed by atoms with E-state index in [1.807, 2.05) is 6.92 Å². The van der Waals surface area contributed by atoms with Crippen LogP contribution in [0.3, 0.4) is 0 Å². The van der Waals surface area contributed by atoms with Crippen molar-refractivity contribution in [2.45, 2.75) is 51.2 Å². The van der Waals surface area contributed by atoms with Crippen molar-refractivity contribution in [3.8, 4) is 0 Å². The first kappa shape index (κ1) is 14.9. The van der Waals surface area contributed by atoms with Gasteiger partial charge in [-0.3, -0.25) is 0 Å². The van der Waals surface area contributed by atoms with Gasteiger partial charge in [-0.25, -0.2) is 13.1 Å². The summed E-state index contributed by atoms with van der Waals surface area (Å²) in [4.78, 5) is 0. The van der Waals surface area contributed by atoms with Gasteiger partial charge in [-0.15, -0.1) is 0 Å². The Morgan fingerprint density at radius 2 is 1.94 bits per heavy atom. The van der Waals surface area contributed by atoms with Gasteiger partial charge in [0.1, 0.15) is 0 Å². The topological polar surface area (TPSA) is 81.4 Å². The Bertz CT molecular complexity index is 298. The van der Waals surface area contributed by atoms with Gasteiger partial charge >= 0.3 is 0 Å². The summed E-state index contributed by atoms with van der Waals surface area (Å²) in [5, 5.41) is 0. The van der Waals surface area contributed by atoms with E-state index in [0.717, 1.165) is 25.7 Å². The van der Waals surface area contributed by atoms with Crippen LogP contribution < -0.4 is 10.5 Å². The minimum absolute atomic E-state index is 0.186. The summed E-state index contributed by atoms with van der Waals surface area (Å²) in [5.41, 5.74) is 5.79. The molecule has 0 aromatic carbocycles. The van der Waals surface area contributed by atoms with Crippen molar-refractivity contribution in [2.75, 3.05) is 18.9 Å². The molecule has 6 heteroatoms. The van der Waals surface area contributed by atoms with Gasteiger partial charge in [-0.2, -0.15) is 0 Å². The molecule has 0 bridgehead atoms. The van der Waals surface area contributed by atoms with Crippen molar-refractivity contribution >= 4 is 10.0 Å². The van der Waals surface area contributed by atoms with Gasteiger partial charge in [0.2, 0.25) is 10.0 Å². The number of rotatable bonds is 7. The second-order valence-corrected chi connectivity index (χ2v) is 6.55. The predicted octanol–water partition coefficient (Wildman–Crippen LogP) is 0.602. The van der Waals surface area contributed by atoms with Crippen LogP contribution in [0.15, 0.2) is 0 Å². The van der Waals surface area contributed by atoms with Crippen LogP contribution in [0.4, 0.5) is 0 Å². The van der Waals surface area contributed by atoms with E-state index in [1.165, 1.54) is 0 Å². The van der Waals surface area contributed by atoms with E-state index in [2.05, 4.69) is 4.72 Å². The average molecular weight is 264 g/mol. The molecule has 1 aliphatic rings. The molecule has 0 aromatic rings. The lowest BCUT2D eigenvalue weighted by atomic mass is 9.94. The Hall–Kier alpha value is -0.170. The number of nitrogens with two attached hydrogens (primary N) is 1. The van der Waals surface area contributed by atoms with Crippen LogP contribution in [0, 0.1) is 0 Å². The lowest BCUT2D eigenvalue weighted by Gasteiger charge is -2.26. The highest BCUT2D eigenvalue weighted by atomic mass is 32.2. The molecule has 0 amide bonds. The molecule has 17 heavy (non-hydrogen) atoms. The fourth-order valence-corrected chi connectivity index (χ4v) is 3.10. The van der Waals surface area contributed by atoms with E-state index in [9.17, 15) is 8.42 Å². The molecule has 0 atom stereocenters. The SMILES string of the molecule is CCCS(=O)(=O)NCCOC1CCC(N)CC1. The Labute approximate surface area is 104 Å². The number of nitrogens with one attached hydrogen (secondary N) is 1. The van der Waals surface area contributed by atoms with Crippen molar-refractivity contribution in [3.05, 3.63) is 0 Å². The Balaban J connectivity index is 2.08. The Morgan fingerprint density at radius 3 is 2.53 bits per heavy atom. The van der Waals surface area contributed by atoms with Crippen LogP contribution in [0.5, 0.6) is 0 Å². The third-order valence-electron chi connectivity index (χ3n) is 2.97. The van der Waals surface area contributed by atoms with E-state index >= 15 is 0 Å². The van der Waals surface area contributed by atoms with Gasteiger partial charge in [-0.1, -0.05) is 6.92 Å². The molecule has 0 saturated heterocycles. The Morgan fingerprint density at radius 1 is 1.29 bits per heavy atom. The summed E-state index contributed by atoms with van der Waals surface area (Å²) in [5.74, 6) is 0.186. The van der Waals surface area contributed by atoms with E-state index in [4.69, 9.17) is 10.5 Å². The van der Waals surface area contributed by atoms with Crippen molar-refractivity contribution < 1.29 is 13.2 Å². The molecule has 1 saturated carbocycles. The van der Waals surface area contributed by atoms with Crippen LogP contribution in [-0.4, -0.2) is 39.5 Å². The van der Waals surface area contributed by atoms with Crippen LogP contribution in [0.25, 0.3) is 0 Å². The average Bonchev–Trinajstić information content (AvgIpc) is 2.27. The number of hydrogen-bond donors (Lipinski definition) is 2. The highest BCUT2D eigenvalue weighted by molar-refractivity contribution is 7.89. The molecule has 0 radical (unpaired) electrons. The molecule has 102 valence electrons. The first-order valence-electron chi connectivity index (χ1n) is 6.38. The summed E-state index contributed by atoms with van der Waals surface area (Å²) < 4.78 is 30.8. The molecule has 0 unspecified atom stereocenters. The Kier molecular flexibility index (Phi) is 6.40. The minimum atomic E-state index is -3.09. The second kappa shape index (κ2) is 7.31. The molecule has 0 heterocycles. The van der Waals surface area contributed by atoms with Crippen LogP contribution in [0.1, 0.15) is 39.0 Å². The molecular weight excluding hydrogens is 240 g/mol. The zero-order valence-corrected chi connectivity index (χ0v) is 11.3. The first-order valence-corrected chi connectivity index (χ1v) is 8.03. The van der Waals surface area contributed by atoms with Crippen molar-refractivity contribution in [1.29, 1.82) is 0 Å². The molecule has 1 fully saturated rings. The van der Waals surface area contributed by atoms with E-state index in [-0.39, 0.29) is 11.9 Å². The second-order valence-electron chi connectivity index (χ2n) is 4.62. The molecular formula is C11H24N2O3S. The molecule has 0 spiro atoms. The van der Waals surface area contributed by atoms with E-state index in [0.29, 0.717) is 25.6 Å². The smallest absolute Gasteiger partial charge is 0.211 e. The summed E-state index contributed by atoms with van der Waals surface area (Å²) in [7, 11) is -3.09. The van der Waals surface area contributed by atoms with E-state index in [1.54, 1.807) is 0 Å². The highest BCUT2D eigenvalue weighted by Gasteiger charge is 2.18. The van der Waals surface area contributed by atoms with E-state index < -0.39 is 10.0 Å². The lowest BCUT2D eigenvalue weighted by molar-refractivity contribution is 0.0287. The highest BCUT2D eigenvalue weighted by Crippen LogP contribution is 2.19. The number of sulfonamides is 1. The molecule has 1 rings (SSSR count). The zero-order valence-electron chi connectivity index (χ0n) is 10.5. The van der Waals surface area contributed by atoms with Gasteiger partial charge < -0.3 is 10.5 Å². The standard InChI is InChI=1S/C11H24N2O3S/c1-2-9-17(14,15)13-7-8-16-11-5-3-10(12)4-6-11/h10-11,13H,2-9,12H2,1H3. The normalized spacial score (nSPS) is 26.0. The molecule has 5 nitrogen and oxygen atoms in total. The maximum absolute atomic E-state index is 11.3. The van der Waals surface area contributed by atoms with Crippen molar-refractivity contribution in [2.24, 2.45) is 5.73 Å². The number of ether oxygens (including phenoxy) is 1. The maximum Gasteiger partial charge on any atom is 0.211 e. The van der Waals surface area contributed by atoms with Gasteiger partial charge in [0.05, 0.1) is 18.5 Å². The minimum Gasteiger partial charge on any atom is -0.377 e. The summed E-state index contributed by atoms with van der Waals surface area (Å²) in [6.45, 7) is 2.66. The van der Waals surface area contributed by atoms with Crippen LogP contribution in [0.2, 0.25) is 0 Å². The number of hydrogen-bond acceptors (Lipinski definition) is 4. The summed E-state index contributed by atoms with van der Waals surface area (Å²) in [6, 6.07) is 0.318. The van der Waals surface area contributed by atoms with Gasteiger partial charge in [0, 0.05) is 12.6 Å². The third-order valence-corrected chi connectivity index (χ3v) is 4.56. The fourth-order valence-electron chi connectivity index (χ4n) is 2.02. The lowest BCUT2D eigenvalue weighted by Crippen LogP contribution is -2.33. The maximum atomic E-state index is 11.3. The van der Waals surface area contributed by atoms with Crippen molar-refractivity contribution in [3.63, 3.8) is 0 Å². The fraction of sp³-hybridized carbons (Fsp3) is 1.00. The van der Waals surface area contributed by atoms with Gasteiger partial charge in [0.25, 0.3) is 0 Å². The summed E-state index contributed by atoms with van der Waals surface area (Å²) in [6.07, 6.45) is 4.88. The molecule has 0 aromatic heterocycles. The monoisotopic (exact) mass is 264 g/mol. The van der Waals surface area contributed by atoms with Gasteiger partial charge in [0.15, 0.2) is 0 Å². The van der Waals surface area contributed by atoms with Crippen molar-refractivity contribution in [1.82, 2.24) is 4.72 Å².